The summed E-state index contributed by atoms with van der Waals surface area (Å²) in [5, 5.41) is 8.05. The Morgan fingerprint density at radius 1 is 1.89 bits per heavy atom. The van der Waals surface area contributed by atoms with E-state index in [1.165, 1.54) is 0 Å². The van der Waals surface area contributed by atoms with Crippen LogP contribution in [0.3, 0.4) is 0 Å². The van der Waals surface area contributed by atoms with Crippen LogP contribution in [0, 0.1) is 0 Å². The molecule has 0 heterocycles. The number of nitrogens with two attached hydrogens (primary N) is 1. The maximum atomic E-state index is 9.82. The van der Waals surface area contributed by atoms with Crippen molar-refractivity contribution in [3.8, 4) is 0 Å². The molecule has 0 saturated heterocycles. The summed E-state index contributed by atoms with van der Waals surface area (Å²) < 4.78 is 13.8. The second-order valence-electron chi connectivity index (χ2n) is 1.32. The number of carboxylic acid groups (broad SMARTS) is 1. The van der Waals surface area contributed by atoms with Gasteiger partial charge in [0.05, 0.1) is 6.42 Å². The fourth-order valence-electron chi connectivity index (χ4n) is 0.265. The van der Waals surface area contributed by atoms with E-state index in [4.69, 9.17) is 10.8 Å². The lowest BCUT2D eigenvalue weighted by Crippen LogP contribution is -2.23. The molecule has 3 N–H and O–H groups in total. The average molecular weight is 151 g/mol. The zero-order valence-corrected chi connectivity index (χ0v) is 5.38. The van der Waals surface area contributed by atoms with Crippen LogP contribution >= 0.6 is 8.69 Å². The van der Waals surface area contributed by atoms with Gasteiger partial charge in [-0.25, -0.2) is 4.57 Å². The minimum atomic E-state index is -1.08. The Labute approximate surface area is 53.1 Å². The van der Waals surface area contributed by atoms with Crippen LogP contribution in [-0.4, -0.2) is 17.3 Å². The molecule has 1 atom stereocenters. The molecule has 0 radical (unpaired) electrons. The van der Waals surface area contributed by atoms with Gasteiger partial charge in [0, 0.05) is 0 Å². The zero-order valence-electron chi connectivity index (χ0n) is 4.48. The highest BCUT2D eigenvalue weighted by molar-refractivity contribution is 7.17. The van der Waals surface area contributed by atoms with Gasteiger partial charge in [-0.05, 0) is 0 Å². The quantitative estimate of drug-likeness (QED) is 0.435. The third kappa shape index (κ3) is 5.36. The minimum absolute atomic E-state index is 0.338. The smallest absolute Gasteiger partial charge is 0.328 e. The van der Waals surface area contributed by atoms with Gasteiger partial charge in [-0.2, -0.15) is 0 Å². The van der Waals surface area contributed by atoms with E-state index in [0.717, 1.165) is 0 Å². The maximum absolute atomic E-state index is 9.82. The van der Waals surface area contributed by atoms with Gasteiger partial charge >= 0.3 is 14.7 Å². The number of aliphatic carboxylic acids is 1. The van der Waals surface area contributed by atoms with Crippen molar-refractivity contribution < 1.29 is 19.0 Å². The normalized spacial score (nSPS) is 13.4. The monoisotopic (exact) mass is 151 g/mol. The lowest BCUT2D eigenvalue weighted by atomic mass is 10.4. The molecule has 0 aliphatic heterocycles. The molecule has 1 unspecified atom stereocenters. The summed E-state index contributed by atoms with van der Waals surface area (Å²) in [7, 11) is -0.594. The fraction of sp³-hybridized carbons (Fsp3) is 0.667. The van der Waals surface area contributed by atoms with E-state index >= 15 is 0 Å². The minimum Gasteiger partial charge on any atom is -0.481 e. The summed E-state index contributed by atoms with van der Waals surface area (Å²) in [4.78, 5) is 9.82. The van der Waals surface area contributed by atoms with Crippen LogP contribution in [0.15, 0.2) is 0 Å². The first-order valence-corrected chi connectivity index (χ1v) is 2.85. The number of rotatable bonds is 4. The number of hydrogen-bond acceptors (Lipinski definition) is 4. The Morgan fingerprint density at radius 3 is 2.78 bits per heavy atom. The molecule has 52 valence electrons. The highest BCUT2D eigenvalue weighted by atomic mass is 31.1. The molecule has 0 aromatic rings. The summed E-state index contributed by atoms with van der Waals surface area (Å²) in [6.45, 7) is 0. The van der Waals surface area contributed by atoms with Gasteiger partial charge in [0.25, 0.3) is 0 Å². The van der Waals surface area contributed by atoms with Crippen LogP contribution in [0.1, 0.15) is 6.42 Å². The van der Waals surface area contributed by atoms with Crippen molar-refractivity contribution in [3.05, 3.63) is 0 Å². The molecule has 0 aliphatic rings. The first kappa shape index (κ1) is 8.49. The average Bonchev–Trinajstić information content (AvgIpc) is 1.63. The van der Waals surface area contributed by atoms with Crippen LogP contribution in [0.2, 0.25) is 0 Å². The van der Waals surface area contributed by atoms with Crippen molar-refractivity contribution >= 4 is 14.7 Å². The molecular weight excluding hydrogens is 145 g/mol. The van der Waals surface area contributed by atoms with E-state index < -0.39 is 20.9 Å². The lowest BCUT2D eigenvalue weighted by Gasteiger charge is -2.00. The number of carbonyl (C=O) groups is 1. The molecule has 0 bridgehead atoms. The van der Waals surface area contributed by atoms with Crippen LogP contribution in [0.4, 0.5) is 0 Å². The largest absolute Gasteiger partial charge is 0.481 e. The van der Waals surface area contributed by atoms with E-state index in [2.05, 4.69) is 4.52 Å². The van der Waals surface area contributed by atoms with Gasteiger partial charge in [-0.3, -0.25) is 9.32 Å². The summed E-state index contributed by atoms with van der Waals surface area (Å²) in [5.74, 6) is -1.08. The summed E-state index contributed by atoms with van der Waals surface area (Å²) in [6, 6.07) is 0. The molecule has 0 fully saturated rings. The Bertz CT molecular complexity index is 116. The second-order valence-corrected chi connectivity index (χ2v) is 1.68. The van der Waals surface area contributed by atoms with E-state index in [9.17, 15) is 9.36 Å². The van der Waals surface area contributed by atoms with Crippen molar-refractivity contribution in [1.82, 2.24) is 0 Å². The van der Waals surface area contributed by atoms with Crippen molar-refractivity contribution in [2.24, 2.45) is 5.73 Å². The van der Waals surface area contributed by atoms with Crippen LogP contribution in [0.25, 0.3) is 0 Å². The second kappa shape index (κ2) is 4.38. The lowest BCUT2D eigenvalue weighted by molar-refractivity contribution is -0.138. The third-order valence-corrected chi connectivity index (χ3v) is 0.911. The zero-order chi connectivity index (χ0) is 7.28. The summed E-state index contributed by atoms with van der Waals surface area (Å²) in [5.41, 5.74) is 4.98. The van der Waals surface area contributed by atoms with E-state index in [-0.39, 0.29) is 6.42 Å². The fourth-order valence-corrected chi connectivity index (χ4v) is 0.450. The van der Waals surface area contributed by atoms with Crippen LogP contribution in [-0.2, 0) is 13.9 Å². The van der Waals surface area contributed by atoms with Crippen molar-refractivity contribution in [3.63, 3.8) is 0 Å². The number of carboxylic acids is 1. The van der Waals surface area contributed by atoms with E-state index in [0.29, 0.717) is 0 Å². The molecule has 0 amide bonds. The van der Waals surface area contributed by atoms with E-state index in [1.807, 2.05) is 0 Å². The summed E-state index contributed by atoms with van der Waals surface area (Å²) in [6.07, 6.45) is -1.32. The molecule has 0 rings (SSSR count). The highest BCUT2D eigenvalue weighted by Crippen LogP contribution is 2.00. The standard InChI is InChI=1S/C3H6NO4P/c4-2(8-9-7)1-3(5)6/h2H,1,4H2,(H,5,6). The Kier molecular flexibility index (Phi) is 4.13. The van der Waals surface area contributed by atoms with E-state index in [1.54, 1.807) is 0 Å². The molecule has 0 spiro atoms. The van der Waals surface area contributed by atoms with Crippen LogP contribution in [0.5, 0.6) is 0 Å². The first-order chi connectivity index (χ1) is 4.16. The SMILES string of the molecule is NC(CC(=O)O)OP=O. The van der Waals surface area contributed by atoms with Crippen molar-refractivity contribution in [2.45, 2.75) is 12.6 Å². The molecule has 0 aromatic carbocycles. The number of hydrogen-bond donors (Lipinski definition) is 2. The molecule has 9 heavy (non-hydrogen) atoms. The molecular formula is C3H6NO4P. The predicted molar refractivity (Wildman–Crippen MR) is 28.9 cm³/mol. The molecule has 0 aliphatic carbocycles. The third-order valence-electron chi connectivity index (χ3n) is 0.554. The molecule has 0 saturated carbocycles. The van der Waals surface area contributed by atoms with Crippen molar-refractivity contribution in [2.75, 3.05) is 0 Å². The van der Waals surface area contributed by atoms with Gasteiger partial charge in [0.1, 0.15) is 6.23 Å². The molecule has 6 heteroatoms. The van der Waals surface area contributed by atoms with Crippen LogP contribution < -0.4 is 5.73 Å². The first-order valence-electron chi connectivity index (χ1n) is 2.12. The topological polar surface area (TPSA) is 89.6 Å². The predicted octanol–water partition coefficient (Wildman–Crippen LogP) is -0.0308. The Hall–Kier alpha value is -0.510. The van der Waals surface area contributed by atoms with Crippen molar-refractivity contribution in [1.29, 1.82) is 0 Å². The Balaban J connectivity index is 3.37. The summed E-state index contributed by atoms with van der Waals surface area (Å²) >= 11 is 0. The van der Waals surface area contributed by atoms with Gasteiger partial charge in [-0.15, -0.1) is 0 Å². The maximum Gasteiger partial charge on any atom is 0.328 e. The molecule has 0 aromatic heterocycles. The Morgan fingerprint density at radius 2 is 2.44 bits per heavy atom. The van der Waals surface area contributed by atoms with Gasteiger partial charge in [0.15, 0.2) is 0 Å². The van der Waals surface area contributed by atoms with Gasteiger partial charge < -0.3 is 10.8 Å². The molecule has 5 nitrogen and oxygen atoms in total. The van der Waals surface area contributed by atoms with Gasteiger partial charge in [-0.1, -0.05) is 0 Å². The van der Waals surface area contributed by atoms with Gasteiger partial charge in [0.2, 0.25) is 0 Å². The highest BCUT2D eigenvalue weighted by Gasteiger charge is 2.06.